The number of halogens is 3. The van der Waals surface area contributed by atoms with Crippen LogP contribution in [0.1, 0.15) is 82.8 Å². The Morgan fingerprint density at radius 2 is 1.48 bits per heavy atom. The summed E-state index contributed by atoms with van der Waals surface area (Å²) < 4.78 is 38.9. The molecule has 0 radical (unpaired) electrons. The molecule has 1 atom stereocenters. The standard InChI is InChI=1S/C22H29F3N2/c1-15(18-13-16(8-11-26-18)20(2,3)4)7-10-21(5,6)17-9-12-27-19(14-17)22(23,24)25/h8-9,11-15H,7,10H2,1-6H3. The number of hydrogen-bond acceptors (Lipinski definition) is 2. The third-order valence-corrected chi connectivity index (χ3v) is 5.19. The van der Waals surface area contributed by atoms with Crippen molar-refractivity contribution in [2.75, 3.05) is 0 Å². The molecule has 0 fully saturated rings. The van der Waals surface area contributed by atoms with E-state index < -0.39 is 11.9 Å². The van der Waals surface area contributed by atoms with Gasteiger partial charge in [-0.2, -0.15) is 13.2 Å². The lowest BCUT2D eigenvalue weighted by molar-refractivity contribution is -0.141. The Morgan fingerprint density at radius 3 is 2.07 bits per heavy atom. The molecule has 0 amide bonds. The molecule has 2 heterocycles. The molecule has 1 unspecified atom stereocenters. The summed E-state index contributed by atoms with van der Waals surface area (Å²) in [6.45, 7) is 12.6. The topological polar surface area (TPSA) is 25.8 Å². The predicted octanol–water partition coefficient (Wildman–Crippen LogP) is 6.65. The van der Waals surface area contributed by atoms with E-state index in [0.29, 0.717) is 5.56 Å². The van der Waals surface area contributed by atoms with Gasteiger partial charge >= 0.3 is 6.18 Å². The van der Waals surface area contributed by atoms with Crippen LogP contribution in [0.15, 0.2) is 36.7 Å². The highest BCUT2D eigenvalue weighted by molar-refractivity contribution is 5.27. The Hall–Kier alpha value is -1.91. The summed E-state index contributed by atoms with van der Waals surface area (Å²) in [7, 11) is 0. The number of alkyl halides is 3. The van der Waals surface area contributed by atoms with Crippen molar-refractivity contribution in [3.8, 4) is 0 Å². The molecule has 2 aromatic heterocycles. The second-order valence-electron chi connectivity index (χ2n) is 8.97. The van der Waals surface area contributed by atoms with E-state index in [9.17, 15) is 13.2 Å². The van der Waals surface area contributed by atoms with Gasteiger partial charge in [0.1, 0.15) is 5.69 Å². The van der Waals surface area contributed by atoms with Crippen molar-refractivity contribution in [2.45, 2.75) is 77.3 Å². The molecular weight excluding hydrogens is 349 g/mol. The second kappa shape index (κ2) is 7.61. The molecule has 0 saturated heterocycles. The van der Waals surface area contributed by atoms with E-state index in [1.807, 2.05) is 26.1 Å². The highest BCUT2D eigenvalue weighted by Crippen LogP contribution is 2.35. The van der Waals surface area contributed by atoms with Crippen molar-refractivity contribution in [1.82, 2.24) is 9.97 Å². The predicted molar refractivity (Wildman–Crippen MR) is 103 cm³/mol. The number of pyridine rings is 2. The van der Waals surface area contributed by atoms with Crippen LogP contribution in [-0.2, 0) is 17.0 Å². The molecule has 2 nitrogen and oxygen atoms in total. The first-order valence-electron chi connectivity index (χ1n) is 9.31. The maximum Gasteiger partial charge on any atom is 0.433 e. The van der Waals surface area contributed by atoms with Gasteiger partial charge in [-0.15, -0.1) is 0 Å². The number of rotatable bonds is 5. The highest BCUT2D eigenvalue weighted by atomic mass is 19.4. The summed E-state index contributed by atoms with van der Waals surface area (Å²) in [5.74, 6) is 0.232. The Balaban J connectivity index is 2.13. The molecule has 27 heavy (non-hydrogen) atoms. The zero-order valence-corrected chi connectivity index (χ0v) is 17.0. The molecule has 148 valence electrons. The third-order valence-electron chi connectivity index (χ3n) is 5.19. The monoisotopic (exact) mass is 378 g/mol. The normalized spacial score (nSPS) is 14.3. The van der Waals surface area contributed by atoms with Crippen molar-refractivity contribution in [3.05, 3.63) is 59.2 Å². The minimum Gasteiger partial charge on any atom is -0.261 e. The van der Waals surface area contributed by atoms with Crippen molar-refractivity contribution < 1.29 is 13.2 Å². The summed E-state index contributed by atoms with van der Waals surface area (Å²) in [6.07, 6.45) is 0.276. The van der Waals surface area contributed by atoms with Gasteiger partial charge < -0.3 is 0 Å². The SMILES string of the molecule is CC(CCC(C)(C)c1ccnc(C(F)(F)F)c1)c1cc(C(C)(C)C)ccn1. The van der Waals surface area contributed by atoms with Crippen molar-refractivity contribution >= 4 is 0 Å². The van der Waals surface area contributed by atoms with Gasteiger partial charge in [-0.05, 0) is 65.0 Å². The first-order chi connectivity index (χ1) is 12.3. The van der Waals surface area contributed by atoms with Crippen molar-refractivity contribution in [3.63, 3.8) is 0 Å². The zero-order valence-electron chi connectivity index (χ0n) is 17.0. The van der Waals surface area contributed by atoms with E-state index in [2.05, 4.69) is 43.7 Å². The van der Waals surface area contributed by atoms with Gasteiger partial charge in [0, 0.05) is 18.1 Å². The molecule has 0 spiro atoms. The average Bonchev–Trinajstić information content (AvgIpc) is 2.58. The molecule has 2 aromatic rings. The Kier molecular flexibility index (Phi) is 6.03. The third kappa shape index (κ3) is 5.53. The van der Waals surface area contributed by atoms with E-state index in [1.54, 1.807) is 6.07 Å². The molecule has 0 bridgehead atoms. The highest BCUT2D eigenvalue weighted by Gasteiger charge is 2.34. The van der Waals surface area contributed by atoms with Crippen molar-refractivity contribution in [2.24, 2.45) is 0 Å². The minimum absolute atomic E-state index is 0.0573. The summed E-state index contributed by atoms with van der Waals surface area (Å²) in [5.41, 5.74) is 1.78. The lowest BCUT2D eigenvalue weighted by Crippen LogP contribution is -2.20. The molecule has 2 rings (SSSR count). The summed E-state index contributed by atoms with van der Waals surface area (Å²) in [5, 5.41) is 0. The van der Waals surface area contributed by atoms with Crippen LogP contribution < -0.4 is 0 Å². The zero-order chi connectivity index (χ0) is 20.5. The summed E-state index contributed by atoms with van der Waals surface area (Å²) in [4.78, 5) is 7.98. The van der Waals surface area contributed by atoms with Gasteiger partial charge in [-0.25, -0.2) is 0 Å². The minimum atomic E-state index is -4.42. The quantitative estimate of drug-likeness (QED) is 0.582. The van der Waals surface area contributed by atoms with Crippen LogP contribution >= 0.6 is 0 Å². The molecule has 5 heteroatoms. The molecule has 0 aliphatic carbocycles. The van der Waals surface area contributed by atoms with E-state index in [-0.39, 0.29) is 16.7 Å². The van der Waals surface area contributed by atoms with Gasteiger partial charge in [0.05, 0.1) is 0 Å². The van der Waals surface area contributed by atoms with Gasteiger partial charge in [0.15, 0.2) is 0 Å². The maximum atomic E-state index is 13.0. The fourth-order valence-electron chi connectivity index (χ4n) is 3.06. The van der Waals surface area contributed by atoms with E-state index in [0.717, 1.165) is 18.5 Å². The van der Waals surface area contributed by atoms with Gasteiger partial charge in [0.2, 0.25) is 0 Å². The molecule has 0 saturated carbocycles. The van der Waals surface area contributed by atoms with Crippen LogP contribution in [0.5, 0.6) is 0 Å². The Labute approximate surface area is 160 Å². The van der Waals surface area contributed by atoms with Crippen LogP contribution in [0.3, 0.4) is 0 Å². The van der Waals surface area contributed by atoms with Gasteiger partial charge in [-0.3, -0.25) is 9.97 Å². The maximum absolute atomic E-state index is 13.0. The largest absolute Gasteiger partial charge is 0.433 e. The van der Waals surface area contributed by atoms with Crippen molar-refractivity contribution in [1.29, 1.82) is 0 Å². The number of hydrogen-bond donors (Lipinski definition) is 0. The van der Waals surface area contributed by atoms with Crippen LogP contribution in [0, 0.1) is 0 Å². The summed E-state index contributed by atoms with van der Waals surface area (Å²) >= 11 is 0. The second-order valence-corrected chi connectivity index (χ2v) is 8.97. The fourth-order valence-corrected chi connectivity index (χ4v) is 3.06. The molecular formula is C22H29F3N2. The Morgan fingerprint density at radius 1 is 0.889 bits per heavy atom. The van der Waals surface area contributed by atoms with Crippen LogP contribution in [0.25, 0.3) is 0 Å². The Bertz CT molecular complexity index is 774. The molecule has 0 aliphatic heterocycles. The van der Waals surface area contributed by atoms with Crippen LogP contribution in [-0.4, -0.2) is 9.97 Å². The van der Waals surface area contributed by atoms with Gasteiger partial charge in [0.25, 0.3) is 0 Å². The van der Waals surface area contributed by atoms with E-state index in [4.69, 9.17) is 0 Å². The fraction of sp³-hybridized carbons (Fsp3) is 0.545. The molecule has 0 N–H and O–H groups in total. The smallest absolute Gasteiger partial charge is 0.261 e. The molecule has 0 aliphatic rings. The first-order valence-corrected chi connectivity index (χ1v) is 9.31. The number of aromatic nitrogens is 2. The lowest BCUT2D eigenvalue weighted by atomic mass is 9.78. The average molecular weight is 378 g/mol. The summed E-state index contributed by atoms with van der Waals surface area (Å²) in [6, 6.07) is 7.03. The van der Waals surface area contributed by atoms with Crippen LogP contribution in [0.4, 0.5) is 13.2 Å². The first kappa shape index (κ1) is 21.4. The van der Waals surface area contributed by atoms with Crippen LogP contribution in [0.2, 0.25) is 0 Å². The van der Waals surface area contributed by atoms with Gasteiger partial charge in [-0.1, -0.05) is 41.5 Å². The van der Waals surface area contributed by atoms with E-state index >= 15 is 0 Å². The van der Waals surface area contributed by atoms with E-state index in [1.165, 1.54) is 17.8 Å². The lowest BCUT2D eigenvalue weighted by Gasteiger charge is -2.27. The number of nitrogens with zero attached hydrogens (tertiary/aromatic N) is 2. The molecule has 0 aromatic carbocycles.